The van der Waals surface area contributed by atoms with E-state index in [1.165, 1.54) is 6.07 Å². The Labute approximate surface area is 136 Å². The quantitative estimate of drug-likeness (QED) is 0.592. The van der Waals surface area contributed by atoms with Gasteiger partial charge in [0.25, 0.3) is 5.69 Å². The summed E-state index contributed by atoms with van der Waals surface area (Å²) in [6, 6.07) is 12.7. The van der Waals surface area contributed by atoms with Crippen molar-refractivity contribution in [2.75, 3.05) is 5.32 Å². The first kappa shape index (κ1) is 15.8. The van der Waals surface area contributed by atoms with Crippen LogP contribution < -0.4 is 5.32 Å². The summed E-state index contributed by atoms with van der Waals surface area (Å²) in [5.41, 5.74) is 1.63. The van der Waals surface area contributed by atoms with Gasteiger partial charge in [0.05, 0.1) is 4.92 Å². The first-order chi connectivity index (χ1) is 9.95. The van der Waals surface area contributed by atoms with Crippen molar-refractivity contribution in [3.05, 3.63) is 67.6 Å². The molecule has 0 heterocycles. The van der Waals surface area contributed by atoms with E-state index in [4.69, 9.17) is 11.6 Å². The molecule has 4 nitrogen and oxygen atoms in total. The van der Waals surface area contributed by atoms with Crippen molar-refractivity contribution >= 4 is 38.9 Å². The largest absolute Gasteiger partial charge is 0.377 e. The monoisotopic (exact) mass is 368 g/mol. The standard InChI is InChI=1S/C15H14BrClN2O2/c1-10(8-11-2-4-12(16)5-3-11)18-14-7-6-13(17)9-15(14)19(20)21/h2-7,9-10,18H,8H2,1H3. The van der Waals surface area contributed by atoms with Crippen molar-refractivity contribution in [3.8, 4) is 0 Å². The van der Waals surface area contributed by atoms with E-state index in [1.807, 2.05) is 31.2 Å². The molecule has 0 fully saturated rings. The molecule has 0 saturated heterocycles. The number of halogens is 2. The summed E-state index contributed by atoms with van der Waals surface area (Å²) in [5, 5.41) is 14.6. The molecule has 0 aliphatic rings. The summed E-state index contributed by atoms with van der Waals surface area (Å²) in [6.45, 7) is 1.99. The van der Waals surface area contributed by atoms with E-state index in [1.54, 1.807) is 12.1 Å². The maximum Gasteiger partial charge on any atom is 0.293 e. The fourth-order valence-electron chi connectivity index (χ4n) is 2.07. The summed E-state index contributed by atoms with van der Waals surface area (Å²) in [7, 11) is 0. The fourth-order valence-corrected chi connectivity index (χ4v) is 2.50. The highest BCUT2D eigenvalue weighted by Crippen LogP contribution is 2.28. The van der Waals surface area contributed by atoms with E-state index in [9.17, 15) is 10.1 Å². The average Bonchev–Trinajstić information content (AvgIpc) is 2.43. The van der Waals surface area contributed by atoms with Crippen molar-refractivity contribution in [2.45, 2.75) is 19.4 Å². The molecule has 0 bridgehead atoms. The van der Waals surface area contributed by atoms with Gasteiger partial charge in [-0.15, -0.1) is 0 Å². The van der Waals surface area contributed by atoms with E-state index in [0.717, 1.165) is 16.5 Å². The third-order valence-corrected chi connectivity index (χ3v) is 3.78. The second-order valence-corrected chi connectivity index (χ2v) is 6.15. The van der Waals surface area contributed by atoms with E-state index in [0.29, 0.717) is 10.7 Å². The predicted molar refractivity (Wildman–Crippen MR) is 89.0 cm³/mol. The first-order valence-corrected chi connectivity index (χ1v) is 7.57. The smallest absolute Gasteiger partial charge is 0.293 e. The van der Waals surface area contributed by atoms with Crippen LogP contribution in [0.2, 0.25) is 5.02 Å². The lowest BCUT2D eigenvalue weighted by Gasteiger charge is -2.15. The lowest BCUT2D eigenvalue weighted by molar-refractivity contribution is -0.384. The molecule has 1 atom stereocenters. The van der Waals surface area contributed by atoms with Crippen LogP contribution in [0, 0.1) is 10.1 Å². The number of rotatable bonds is 5. The van der Waals surface area contributed by atoms with Crippen LogP contribution in [0.15, 0.2) is 46.9 Å². The summed E-state index contributed by atoms with van der Waals surface area (Å²) in [5.74, 6) is 0. The molecule has 0 saturated carbocycles. The maximum atomic E-state index is 11.1. The molecule has 2 aromatic carbocycles. The Morgan fingerprint density at radius 2 is 1.95 bits per heavy atom. The van der Waals surface area contributed by atoms with Crippen LogP contribution in [0.4, 0.5) is 11.4 Å². The van der Waals surface area contributed by atoms with Gasteiger partial charge in [0, 0.05) is 21.6 Å². The van der Waals surface area contributed by atoms with Gasteiger partial charge in [-0.3, -0.25) is 10.1 Å². The number of hydrogen-bond acceptors (Lipinski definition) is 3. The molecular weight excluding hydrogens is 356 g/mol. The molecule has 0 amide bonds. The second kappa shape index (κ2) is 6.91. The summed E-state index contributed by atoms with van der Waals surface area (Å²) < 4.78 is 1.03. The Morgan fingerprint density at radius 1 is 1.29 bits per heavy atom. The van der Waals surface area contributed by atoms with Gasteiger partial charge in [-0.25, -0.2) is 0 Å². The van der Waals surface area contributed by atoms with E-state index in [-0.39, 0.29) is 11.7 Å². The van der Waals surface area contributed by atoms with Crippen LogP contribution in [0.1, 0.15) is 12.5 Å². The van der Waals surface area contributed by atoms with Crippen LogP contribution in [-0.2, 0) is 6.42 Å². The second-order valence-electron chi connectivity index (χ2n) is 4.79. The predicted octanol–water partition coefficient (Wildman–Crippen LogP) is 5.05. The normalized spacial score (nSPS) is 12.0. The van der Waals surface area contributed by atoms with Crippen LogP contribution in [-0.4, -0.2) is 11.0 Å². The molecule has 110 valence electrons. The summed E-state index contributed by atoms with van der Waals surface area (Å²) in [6.07, 6.45) is 0.771. The summed E-state index contributed by atoms with van der Waals surface area (Å²) >= 11 is 9.20. The fraction of sp³-hybridized carbons (Fsp3) is 0.200. The number of anilines is 1. The molecule has 6 heteroatoms. The SMILES string of the molecule is CC(Cc1ccc(Br)cc1)Nc1ccc(Cl)cc1[N+](=O)[O-]. The van der Waals surface area contributed by atoms with E-state index < -0.39 is 4.92 Å². The number of nitro groups is 1. The minimum Gasteiger partial charge on any atom is -0.377 e. The van der Waals surface area contributed by atoms with Crippen LogP contribution >= 0.6 is 27.5 Å². The van der Waals surface area contributed by atoms with E-state index >= 15 is 0 Å². The van der Waals surface area contributed by atoms with Crippen molar-refractivity contribution in [1.29, 1.82) is 0 Å². The number of nitrogens with zero attached hydrogens (tertiary/aromatic N) is 1. The van der Waals surface area contributed by atoms with Gasteiger partial charge < -0.3 is 5.32 Å². The van der Waals surface area contributed by atoms with Crippen molar-refractivity contribution in [1.82, 2.24) is 0 Å². The highest BCUT2D eigenvalue weighted by molar-refractivity contribution is 9.10. The maximum absolute atomic E-state index is 11.1. The van der Waals surface area contributed by atoms with Crippen molar-refractivity contribution in [2.24, 2.45) is 0 Å². The molecule has 1 N–H and O–H groups in total. The van der Waals surface area contributed by atoms with Gasteiger partial charge in [-0.2, -0.15) is 0 Å². The Morgan fingerprint density at radius 3 is 2.57 bits per heavy atom. The van der Waals surface area contributed by atoms with Crippen molar-refractivity contribution < 1.29 is 4.92 Å². The zero-order valence-corrected chi connectivity index (χ0v) is 13.7. The number of benzene rings is 2. The summed E-state index contributed by atoms with van der Waals surface area (Å²) in [4.78, 5) is 10.6. The third-order valence-electron chi connectivity index (χ3n) is 3.01. The Bertz CT molecular complexity index is 647. The number of nitro benzene ring substituents is 1. The molecule has 0 aromatic heterocycles. The van der Waals surface area contributed by atoms with Gasteiger partial charge in [0.15, 0.2) is 0 Å². The Hall–Kier alpha value is -1.59. The minimum atomic E-state index is -0.430. The zero-order chi connectivity index (χ0) is 15.4. The third kappa shape index (κ3) is 4.44. The van der Waals surface area contributed by atoms with Crippen LogP contribution in [0.5, 0.6) is 0 Å². The van der Waals surface area contributed by atoms with Gasteiger partial charge in [0.2, 0.25) is 0 Å². The first-order valence-electron chi connectivity index (χ1n) is 6.40. The Balaban J connectivity index is 2.10. The average molecular weight is 370 g/mol. The van der Waals surface area contributed by atoms with Gasteiger partial charge in [0.1, 0.15) is 5.69 Å². The lowest BCUT2D eigenvalue weighted by Crippen LogP contribution is -2.18. The van der Waals surface area contributed by atoms with Gasteiger partial charge >= 0.3 is 0 Å². The molecule has 0 spiro atoms. The van der Waals surface area contributed by atoms with Crippen LogP contribution in [0.25, 0.3) is 0 Å². The molecule has 0 aliphatic carbocycles. The molecule has 2 aromatic rings. The highest BCUT2D eigenvalue weighted by Gasteiger charge is 2.16. The molecule has 0 radical (unpaired) electrons. The number of nitrogens with one attached hydrogen (secondary N) is 1. The van der Waals surface area contributed by atoms with Gasteiger partial charge in [-0.05, 0) is 43.2 Å². The van der Waals surface area contributed by atoms with E-state index in [2.05, 4.69) is 21.2 Å². The molecular formula is C15H14BrClN2O2. The highest BCUT2D eigenvalue weighted by atomic mass is 79.9. The van der Waals surface area contributed by atoms with Gasteiger partial charge in [-0.1, -0.05) is 39.7 Å². The molecule has 0 aliphatic heterocycles. The molecule has 2 rings (SSSR count). The Kier molecular flexibility index (Phi) is 5.20. The van der Waals surface area contributed by atoms with Crippen LogP contribution in [0.3, 0.4) is 0 Å². The zero-order valence-electron chi connectivity index (χ0n) is 11.3. The lowest BCUT2D eigenvalue weighted by atomic mass is 10.1. The minimum absolute atomic E-state index is 0.00911. The molecule has 1 unspecified atom stereocenters. The number of hydrogen-bond donors (Lipinski definition) is 1. The topological polar surface area (TPSA) is 55.2 Å². The van der Waals surface area contributed by atoms with Crippen molar-refractivity contribution in [3.63, 3.8) is 0 Å². The molecule has 21 heavy (non-hydrogen) atoms.